The second kappa shape index (κ2) is 24.0. The topological polar surface area (TPSA) is 229 Å². The monoisotopic (exact) mass is 512 g/mol. The quantitative estimate of drug-likeness (QED) is 0.0811. The number of carbonyl (C=O) groups excluding carboxylic acids is 4. The first kappa shape index (κ1) is 34.0. The summed E-state index contributed by atoms with van der Waals surface area (Å²) >= 11 is 0. The number of ether oxygens (including phenoxy) is 5. The highest BCUT2D eigenvalue weighted by Gasteiger charge is 2.19. The van der Waals surface area contributed by atoms with E-state index in [1.54, 1.807) is 0 Å². The van der Waals surface area contributed by atoms with E-state index in [9.17, 15) is 28.8 Å². The highest BCUT2D eigenvalue weighted by atomic mass is 16.6. The molecular weight excluding hydrogens is 480 g/mol. The van der Waals surface area contributed by atoms with Gasteiger partial charge in [0.05, 0.1) is 78.2 Å². The third kappa shape index (κ3) is 28.8. The minimum absolute atomic E-state index is 0.0224. The lowest BCUT2D eigenvalue weighted by Crippen LogP contribution is -2.15. The van der Waals surface area contributed by atoms with Crippen molar-refractivity contribution in [2.24, 2.45) is 0 Å². The van der Waals surface area contributed by atoms with Gasteiger partial charge in [0.15, 0.2) is 0 Å². The molecule has 0 atom stereocenters. The lowest BCUT2D eigenvalue weighted by Gasteiger charge is -2.06. The molecule has 1 heterocycles. The van der Waals surface area contributed by atoms with Gasteiger partial charge in [-0.05, 0) is 0 Å². The van der Waals surface area contributed by atoms with Crippen LogP contribution in [0.15, 0.2) is 0 Å². The van der Waals surface area contributed by atoms with Gasteiger partial charge in [0.25, 0.3) is 0 Å². The van der Waals surface area contributed by atoms with Crippen LogP contribution in [-0.2, 0) is 52.5 Å². The van der Waals surface area contributed by atoms with E-state index in [1.165, 1.54) is 0 Å². The molecule has 1 rings (SSSR count). The highest BCUT2D eigenvalue weighted by Crippen LogP contribution is 2.04. The number of aliphatic hydroxyl groups excluding tert-OH is 2. The number of esters is 4. The van der Waals surface area contributed by atoms with Gasteiger partial charge in [0.2, 0.25) is 0 Å². The molecule has 0 aromatic heterocycles. The summed E-state index contributed by atoms with van der Waals surface area (Å²) in [5.74, 6) is -4.20. The van der Waals surface area contributed by atoms with Crippen molar-refractivity contribution in [1.29, 1.82) is 0 Å². The lowest BCUT2D eigenvalue weighted by molar-refractivity contribution is -0.152. The molecule has 15 nitrogen and oxygen atoms in total. The van der Waals surface area contributed by atoms with Crippen LogP contribution in [0.2, 0.25) is 0 Å². The molecule has 0 spiro atoms. The van der Waals surface area contributed by atoms with E-state index in [2.05, 4.69) is 18.9 Å². The summed E-state index contributed by atoms with van der Waals surface area (Å²) in [6, 6.07) is 0. The zero-order chi connectivity index (χ0) is 26.9. The zero-order valence-electron chi connectivity index (χ0n) is 19.2. The Morgan fingerprint density at radius 1 is 0.629 bits per heavy atom. The second-order valence-electron chi connectivity index (χ2n) is 6.25. The molecule has 0 unspecified atom stereocenters. The van der Waals surface area contributed by atoms with Crippen molar-refractivity contribution in [3.63, 3.8) is 0 Å². The van der Waals surface area contributed by atoms with Crippen molar-refractivity contribution in [1.82, 2.24) is 0 Å². The van der Waals surface area contributed by atoms with Crippen molar-refractivity contribution in [2.45, 2.75) is 38.5 Å². The van der Waals surface area contributed by atoms with Gasteiger partial charge in [-0.2, -0.15) is 0 Å². The van der Waals surface area contributed by atoms with Crippen molar-refractivity contribution in [3.05, 3.63) is 0 Å². The number of carboxylic acids is 2. The molecule has 1 fully saturated rings. The Kier molecular flexibility index (Phi) is 23.3. The number of hydrogen-bond donors (Lipinski definition) is 4. The van der Waals surface area contributed by atoms with Gasteiger partial charge in [-0.25, -0.2) is 0 Å². The molecule has 202 valence electrons. The minimum atomic E-state index is -1.08. The van der Waals surface area contributed by atoms with E-state index in [-0.39, 0.29) is 78.2 Å². The molecule has 0 amide bonds. The Morgan fingerprint density at radius 3 is 1.29 bits per heavy atom. The zero-order valence-corrected chi connectivity index (χ0v) is 19.2. The third-order valence-electron chi connectivity index (χ3n) is 3.30. The normalized spacial score (nSPS) is 11.8. The van der Waals surface area contributed by atoms with Gasteiger partial charge in [-0.1, -0.05) is 0 Å². The maximum Gasteiger partial charge on any atom is 0.314 e. The number of carbonyl (C=O) groups is 6. The first-order chi connectivity index (χ1) is 16.6. The predicted octanol–water partition coefficient (Wildman–Crippen LogP) is -1.34. The molecule has 15 heteroatoms. The lowest BCUT2D eigenvalue weighted by atomic mass is 10.3. The largest absolute Gasteiger partial charge is 0.481 e. The van der Waals surface area contributed by atoms with Crippen molar-refractivity contribution in [2.75, 3.05) is 52.9 Å². The maximum absolute atomic E-state index is 11.0. The Morgan fingerprint density at radius 2 is 1.00 bits per heavy atom. The standard InChI is InChI=1S/C12H18O9.C4H4O3.C4H10O3/c13-9(14)1-3-11(17)20-7-5-19-6-8-21-12(18)4-2-10(15)16;5-3-1-2-4(6)7-3;5-1-3-7-4-2-6/h1-8H2,(H,13,14)(H,15,16);1-2H2;5-6H,1-4H2. The molecule has 0 aromatic rings. The summed E-state index contributed by atoms with van der Waals surface area (Å²) in [6.07, 6.45) is -0.442. The van der Waals surface area contributed by atoms with E-state index in [1.807, 2.05) is 0 Å². The molecule has 0 radical (unpaired) electrons. The van der Waals surface area contributed by atoms with Gasteiger partial charge in [-0.3, -0.25) is 28.8 Å². The Balaban J connectivity index is 0. The minimum Gasteiger partial charge on any atom is -0.481 e. The molecule has 1 aliphatic heterocycles. The highest BCUT2D eigenvalue weighted by molar-refractivity contribution is 5.92. The van der Waals surface area contributed by atoms with Crippen LogP contribution in [0.3, 0.4) is 0 Å². The van der Waals surface area contributed by atoms with Crippen molar-refractivity contribution < 1.29 is 72.9 Å². The van der Waals surface area contributed by atoms with E-state index in [4.69, 9.17) is 25.2 Å². The Labute approximate surface area is 200 Å². The predicted molar refractivity (Wildman–Crippen MR) is 112 cm³/mol. The molecule has 4 N–H and O–H groups in total. The summed E-state index contributed by atoms with van der Waals surface area (Å²) in [4.78, 5) is 62.4. The number of aliphatic carboxylic acids is 2. The van der Waals surface area contributed by atoms with Crippen LogP contribution >= 0.6 is 0 Å². The smallest absolute Gasteiger partial charge is 0.314 e. The average molecular weight is 512 g/mol. The van der Waals surface area contributed by atoms with Crippen LogP contribution in [0, 0.1) is 0 Å². The van der Waals surface area contributed by atoms with E-state index in [0.717, 1.165) is 0 Å². The summed E-state index contributed by atoms with van der Waals surface area (Å²) in [7, 11) is 0. The third-order valence-corrected chi connectivity index (χ3v) is 3.30. The van der Waals surface area contributed by atoms with Crippen LogP contribution in [0.5, 0.6) is 0 Å². The van der Waals surface area contributed by atoms with Crippen LogP contribution in [-0.4, -0.2) is 109 Å². The fourth-order valence-corrected chi connectivity index (χ4v) is 1.76. The SMILES string of the molecule is O=C(O)CCC(=O)OCCOCCOC(=O)CCC(=O)O.O=C1CCC(=O)O1.OCCOCCO. The Hall–Kier alpha value is -3.14. The van der Waals surface area contributed by atoms with Crippen LogP contribution in [0.25, 0.3) is 0 Å². The number of aliphatic hydroxyl groups is 2. The fraction of sp³-hybridized carbons (Fsp3) is 0.700. The summed E-state index contributed by atoms with van der Waals surface area (Å²) < 4.78 is 23.1. The van der Waals surface area contributed by atoms with Gasteiger partial charge in [0.1, 0.15) is 13.2 Å². The van der Waals surface area contributed by atoms with Crippen molar-refractivity contribution >= 4 is 35.8 Å². The number of cyclic esters (lactones) is 2. The van der Waals surface area contributed by atoms with E-state index < -0.39 is 35.8 Å². The van der Waals surface area contributed by atoms with E-state index in [0.29, 0.717) is 13.2 Å². The summed E-state index contributed by atoms with van der Waals surface area (Å²) in [5, 5.41) is 32.8. The second-order valence-corrected chi connectivity index (χ2v) is 6.25. The van der Waals surface area contributed by atoms with Gasteiger partial charge < -0.3 is 44.1 Å². The number of rotatable bonds is 16. The molecule has 35 heavy (non-hydrogen) atoms. The molecule has 1 aliphatic rings. The Bertz CT molecular complexity index is 594. The molecule has 0 bridgehead atoms. The molecule has 0 aromatic carbocycles. The van der Waals surface area contributed by atoms with Gasteiger partial charge >= 0.3 is 35.8 Å². The number of hydrogen-bond acceptors (Lipinski definition) is 13. The number of carboxylic acid groups (broad SMARTS) is 2. The maximum atomic E-state index is 11.0. The van der Waals surface area contributed by atoms with Crippen molar-refractivity contribution in [3.8, 4) is 0 Å². The van der Waals surface area contributed by atoms with E-state index >= 15 is 0 Å². The van der Waals surface area contributed by atoms with Gasteiger partial charge in [-0.15, -0.1) is 0 Å². The van der Waals surface area contributed by atoms with Gasteiger partial charge in [0, 0.05) is 0 Å². The fourth-order valence-electron chi connectivity index (χ4n) is 1.76. The molecule has 1 saturated heterocycles. The summed E-state index contributed by atoms with van der Waals surface area (Å²) in [6.45, 7) is 0.828. The van der Waals surface area contributed by atoms with Crippen LogP contribution in [0.4, 0.5) is 0 Å². The average Bonchev–Trinajstić information content (AvgIpc) is 3.19. The first-order valence-electron chi connectivity index (χ1n) is 10.5. The van der Waals surface area contributed by atoms with Crippen LogP contribution < -0.4 is 0 Å². The molecule has 0 saturated carbocycles. The van der Waals surface area contributed by atoms with Crippen LogP contribution in [0.1, 0.15) is 38.5 Å². The molecular formula is C20H32O15. The molecule has 0 aliphatic carbocycles. The first-order valence-corrected chi connectivity index (χ1v) is 10.5. The summed E-state index contributed by atoms with van der Waals surface area (Å²) in [5.41, 5.74) is 0.